The predicted molar refractivity (Wildman–Crippen MR) is 133 cm³/mol. The Kier molecular flexibility index (Phi) is 6.40. The maximum atomic E-state index is 13.2. The van der Waals surface area contributed by atoms with Gasteiger partial charge in [0.15, 0.2) is 6.10 Å². The van der Waals surface area contributed by atoms with E-state index in [-0.39, 0.29) is 16.9 Å². The van der Waals surface area contributed by atoms with Crippen LogP contribution in [0, 0.1) is 0 Å². The summed E-state index contributed by atoms with van der Waals surface area (Å²) in [6, 6.07) is 9.67. The van der Waals surface area contributed by atoms with Gasteiger partial charge < -0.3 is 43.8 Å². The molecule has 11 heteroatoms. The summed E-state index contributed by atoms with van der Waals surface area (Å²) in [6.07, 6.45) is -5.38. The molecule has 200 valence electrons. The summed E-state index contributed by atoms with van der Waals surface area (Å²) in [5.41, 5.74) is 0.107. The van der Waals surface area contributed by atoms with E-state index in [0.717, 1.165) is 0 Å². The van der Waals surface area contributed by atoms with E-state index in [0.29, 0.717) is 28.0 Å². The summed E-state index contributed by atoms with van der Waals surface area (Å²) in [5, 5.41) is 40.5. The van der Waals surface area contributed by atoms with Crippen molar-refractivity contribution in [2.45, 2.75) is 50.2 Å². The fourth-order valence-electron chi connectivity index (χ4n) is 4.45. The Morgan fingerprint density at radius 3 is 2.47 bits per heavy atom. The lowest BCUT2D eigenvalue weighted by atomic mass is 9.98. The van der Waals surface area contributed by atoms with Gasteiger partial charge >= 0.3 is 11.6 Å². The normalized spacial score (nSPS) is 25.9. The van der Waals surface area contributed by atoms with Gasteiger partial charge in [-0.2, -0.15) is 0 Å². The molecule has 2 aliphatic rings. The molecule has 3 aromatic rings. The minimum atomic E-state index is -1.88. The third-order valence-corrected chi connectivity index (χ3v) is 6.46. The molecule has 1 fully saturated rings. The first-order valence-corrected chi connectivity index (χ1v) is 11.8. The van der Waals surface area contributed by atoms with E-state index >= 15 is 0 Å². The van der Waals surface area contributed by atoms with E-state index in [1.165, 1.54) is 19.2 Å². The van der Waals surface area contributed by atoms with Gasteiger partial charge in [0.1, 0.15) is 46.7 Å². The second-order valence-corrected chi connectivity index (χ2v) is 9.60. The van der Waals surface area contributed by atoms with Gasteiger partial charge in [-0.05, 0) is 56.3 Å². The average molecular weight is 526 g/mol. The molecular weight excluding hydrogens is 500 g/mol. The highest BCUT2D eigenvalue weighted by Gasteiger charge is 2.48. The highest BCUT2D eigenvalue weighted by molar-refractivity contribution is 5.91. The lowest BCUT2D eigenvalue weighted by molar-refractivity contribution is -0.271. The van der Waals surface area contributed by atoms with Crippen molar-refractivity contribution in [3.05, 3.63) is 58.5 Å². The van der Waals surface area contributed by atoms with Gasteiger partial charge in [-0.1, -0.05) is 0 Å². The molecule has 1 aromatic heterocycles. The Bertz CT molecular complexity index is 1490. The van der Waals surface area contributed by atoms with Crippen LogP contribution in [-0.4, -0.2) is 69.8 Å². The Hall–Kier alpha value is -3.90. The summed E-state index contributed by atoms with van der Waals surface area (Å²) in [4.78, 5) is 24.7. The first-order chi connectivity index (χ1) is 18.0. The van der Waals surface area contributed by atoms with Crippen LogP contribution in [0.1, 0.15) is 19.4 Å². The largest absolute Gasteiger partial charge is 0.497 e. The van der Waals surface area contributed by atoms with E-state index in [2.05, 4.69) is 0 Å². The molecule has 2 aliphatic heterocycles. The van der Waals surface area contributed by atoms with Crippen molar-refractivity contribution in [3.8, 4) is 28.4 Å². The molecule has 5 rings (SSSR count). The Morgan fingerprint density at radius 1 is 1.00 bits per heavy atom. The number of carboxylic acid groups (broad SMARTS) is 1. The zero-order chi connectivity index (χ0) is 27.4. The predicted octanol–water partition coefficient (Wildman–Crippen LogP) is 1.92. The van der Waals surface area contributed by atoms with Crippen LogP contribution in [0.2, 0.25) is 0 Å². The Labute approximate surface area is 216 Å². The molecule has 0 spiro atoms. The lowest BCUT2D eigenvalue weighted by Crippen LogP contribution is -2.61. The molecule has 0 radical (unpaired) electrons. The lowest BCUT2D eigenvalue weighted by Gasteiger charge is -2.38. The quantitative estimate of drug-likeness (QED) is 0.359. The number of carbonyl (C=O) groups is 1. The summed E-state index contributed by atoms with van der Waals surface area (Å²) < 4.78 is 27.9. The van der Waals surface area contributed by atoms with Gasteiger partial charge in [-0.15, -0.1) is 0 Å². The number of hydrogen-bond acceptors (Lipinski definition) is 10. The minimum Gasteiger partial charge on any atom is -0.497 e. The Balaban J connectivity index is 1.58. The molecule has 3 heterocycles. The fraction of sp³-hybridized carbons (Fsp3) is 0.333. The van der Waals surface area contributed by atoms with Crippen LogP contribution in [-0.2, 0) is 9.53 Å². The van der Waals surface area contributed by atoms with Crippen molar-refractivity contribution in [1.29, 1.82) is 0 Å². The maximum Gasteiger partial charge on any atom is 0.344 e. The number of benzene rings is 2. The van der Waals surface area contributed by atoms with Crippen molar-refractivity contribution >= 4 is 23.0 Å². The SMILES string of the molecule is COc1ccc(-c2cc3ccc4c(c3oc2=O)C=CC(C)(C)O4)c(OC2OC(C(=O)O)C(O)C(O)C2O)c1. The molecule has 38 heavy (non-hydrogen) atoms. The zero-order valence-corrected chi connectivity index (χ0v) is 20.7. The van der Waals surface area contributed by atoms with Crippen molar-refractivity contribution < 1.29 is 48.6 Å². The molecule has 1 saturated heterocycles. The summed E-state index contributed by atoms with van der Waals surface area (Å²) >= 11 is 0. The second-order valence-electron chi connectivity index (χ2n) is 9.60. The molecule has 5 atom stereocenters. The molecule has 0 bridgehead atoms. The highest BCUT2D eigenvalue weighted by Crippen LogP contribution is 2.39. The first-order valence-electron chi connectivity index (χ1n) is 11.8. The van der Waals surface area contributed by atoms with E-state index in [4.69, 9.17) is 23.4 Å². The highest BCUT2D eigenvalue weighted by atomic mass is 16.7. The van der Waals surface area contributed by atoms with Crippen molar-refractivity contribution in [1.82, 2.24) is 0 Å². The molecule has 0 saturated carbocycles. The van der Waals surface area contributed by atoms with Crippen molar-refractivity contribution in [2.75, 3.05) is 7.11 Å². The number of fused-ring (bicyclic) bond motifs is 3. The van der Waals surface area contributed by atoms with E-state index < -0.39 is 47.9 Å². The molecule has 5 unspecified atom stereocenters. The van der Waals surface area contributed by atoms with Crippen LogP contribution in [0.25, 0.3) is 28.2 Å². The topological polar surface area (TPSA) is 165 Å². The van der Waals surface area contributed by atoms with Gasteiger partial charge in [0.2, 0.25) is 6.29 Å². The van der Waals surface area contributed by atoms with Gasteiger partial charge in [0, 0.05) is 17.0 Å². The first kappa shape index (κ1) is 25.7. The molecule has 4 N–H and O–H groups in total. The number of rotatable bonds is 5. The maximum absolute atomic E-state index is 13.2. The summed E-state index contributed by atoms with van der Waals surface area (Å²) in [6.45, 7) is 3.82. The van der Waals surface area contributed by atoms with Crippen LogP contribution in [0.5, 0.6) is 17.2 Å². The zero-order valence-electron chi connectivity index (χ0n) is 20.7. The van der Waals surface area contributed by atoms with Crippen LogP contribution >= 0.6 is 0 Å². The number of ether oxygens (including phenoxy) is 4. The van der Waals surface area contributed by atoms with Gasteiger partial charge in [0.05, 0.1) is 18.2 Å². The number of carboxylic acids is 1. The number of methoxy groups -OCH3 is 1. The third kappa shape index (κ3) is 4.50. The standard InChI is InChI=1S/C27H26O11/c1-27(2)9-8-15-17(38-27)7-4-12-10-16(25(33)36-22(12)15)14-6-5-13(34-3)11-18(14)35-26-21(30)19(28)20(29)23(37-26)24(31)32/h4-11,19-21,23,26,28-30H,1-3H3,(H,31,32). The molecule has 0 aliphatic carbocycles. The second kappa shape index (κ2) is 9.44. The average Bonchev–Trinajstić information content (AvgIpc) is 2.87. The monoisotopic (exact) mass is 526 g/mol. The molecule has 0 amide bonds. The van der Waals surface area contributed by atoms with Crippen molar-refractivity contribution in [3.63, 3.8) is 0 Å². The minimum absolute atomic E-state index is 0.0179. The van der Waals surface area contributed by atoms with E-state index in [1.54, 1.807) is 24.3 Å². The van der Waals surface area contributed by atoms with Crippen molar-refractivity contribution in [2.24, 2.45) is 0 Å². The third-order valence-electron chi connectivity index (χ3n) is 6.46. The Morgan fingerprint density at radius 2 is 1.76 bits per heavy atom. The van der Waals surface area contributed by atoms with Crippen LogP contribution < -0.4 is 19.8 Å². The van der Waals surface area contributed by atoms with E-state index in [1.807, 2.05) is 26.0 Å². The fourth-order valence-corrected chi connectivity index (χ4v) is 4.45. The molecule has 11 nitrogen and oxygen atoms in total. The summed E-state index contributed by atoms with van der Waals surface area (Å²) in [5.74, 6) is -0.668. The van der Waals surface area contributed by atoms with E-state index in [9.17, 15) is 30.0 Å². The number of aliphatic carboxylic acids is 1. The number of aliphatic hydroxyl groups excluding tert-OH is 3. The van der Waals surface area contributed by atoms with Gasteiger partial charge in [-0.3, -0.25) is 0 Å². The smallest absolute Gasteiger partial charge is 0.344 e. The van der Waals surface area contributed by atoms with Crippen LogP contribution in [0.3, 0.4) is 0 Å². The van der Waals surface area contributed by atoms with Gasteiger partial charge in [0.25, 0.3) is 0 Å². The molecule has 2 aromatic carbocycles. The van der Waals surface area contributed by atoms with Crippen LogP contribution in [0.15, 0.2) is 51.7 Å². The van der Waals surface area contributed by atoms with Crippen LogP contribution in [0.4, 0.5) is 0 Å². The van der Waals surface area contributed by atoms with Gasteiger partial charge in [-0.25, -0.2) is 9.59 Å². The number of aliphatic hydroxyl groups is 3. The summed E-state index contributed by atoms with van der Waals surface area (Å²) in [7, 11) is 1.41. The number of hydrogen-bond donors (Lipinski definition) is 4. The molecular formula is C27H26O11.